The zero-order chi connectivity index (χ0) is 16.9. The summed E-state index contributed by atoms with van der Waals surface area (Å²) < 4.78 is 32.4. The summed E-state index contributed by atoms with van der Waals surface area (Å²) in [6.07, 6.45) is 1.77. The molecule has 1 atom stereocenters. The number of amides is 1. The fourth-order valence-electron chi connectivity index (χ4n) is 2.96. The Kier molecular flexibility index (Phi) is 5.08. The van der Waals surface area contributed by atoms with Crippen LogP contribution >= 0.6 is 0 Å². The smallest absolute Gasteiger partial charge is 0.253 e. The number of rotatable bonds is 4. The number of carbonyl (C=O) groups is 1. The van der Waals surface area contributed by atoms with Crippen molar-refractivity contribution in [1.82, 2.24) is 4.90 Å². The van der Waals surface area contributed by atoms with Crippen molar-refractivity contribution in [3.63, 3.8) is 0 Å². The molecule has 1 amide bonds. The maximum Gasteiger partial charge on any atom is 0.253 e. The Morgan fingerprint density at radius 1 is 1.17 bits per heavy atom. The summed E-state index contributed by atoms with van der Waals surface area (Å²) in [6.45, 7) is 1.53. The third-order valence-electron chi connectivity index (χ3n) is 4.19. The number of hydrogen-bond donors (Lipinski definition) is 0. The molecule has 0 N–H and O–H groups in total. The second-order valence-corrected chi connectivity index (χ2v) is 6.01. The van der Waals surface area contributed by atoms with Gasteiger partial charge in [0, 0.05) is 24.6 Å². The van der Waals surface area contributed by atoms with Crippen LogP contribution in [0.15, 0.2) is 48.5 Å². The Bertz CT molecular complexity index is 720. The van der Waals surface area contributed by atoms with Crippen molar-refractivity contribution in [3.8, 4) is 5.75 Å². The molecule has 3 rings (SSSR count). The van der Waals surface area contributed by atoms with Crippen molar-refractivity contribution < 1.29 is 18.3 Å². The third kappa shape index (κ3) is 3.91. The van der Waals surface area contributed by atoms with Crippen LogP contribution in [0.2, 0.25) is 0 Å². The molecule has 0 saturated carbocycles. The van der Waals surface area contributed by atoms with E-state index in [0.717, 1.165) is 12.8 Å². The van der Waals surface area contributed by atoms with Crippen LogP contribution in [0.4, 0.5) is 8.78 Å². The highest BCUT2D eigenvalue weighted by atomic mass is 19.1. The fourth-order valence-corrected chi connectivity index (χ4v) is 2.96. The van der Waals surface area contributed by atoms with Gasteiger partial charge in [-0.25, -0.2) is 8.78 Å². The van der Waals surface area contributed by atoms with E-state index in [1.807, 2.05) is 0 Å². The summed E-state index contributed by atoms with van der Waals surface area (Å²) in [5, 5.41) is 0. The SMILES string of the molecule is O=C(c1cccc(F)c1)N1CCCC(COc2ccccc2F)C1. The first-order valence-corrected chi connectivity index (χ1v) is 8.05. The molecule has 1 aliphatic heterocycles. The second kappa shape index (κ2) is 7.43. The van der Waals surface area contributed by atoms with Gasteiger partial charge < -0.3 is 9.64 Å². The van der Waals surface area contributed by atoms with E-state index >= 15 is 0 Å². The van der Waals surface area contributed by atoms with Gasteiger partial charge in [0.1, 0.15) is 5.82 Å². The lowest BCUT2D eigenvalue weighted by Crippen LogP contribution is -2.41. The summed E-state index contributed by atoms with van der Waals surface area (Å²) in [6, 6.07) is 12.0. The van der Waals surface area contributed by atoms with E-state index in [-0.39, 0.29) is 23.4 Å². The molecule has 2 aromatic rings. The van der Waals surface area contributed by atoms with E-state index in [1.54, 1.807) is 29.2 Å². The van der Waals surface area contributed by atoms with Crippen LogP contribution in [0.3, 0.4) is 0 Å². The van der Waals surface area contributed by atoms with E-state index in [0.29, 0.717) is 25.3 Å². The summed E-state index contributed by atoms with van der Waals surface area (Å²) in [7, 11) is 0. The quantitative estimate of drug-likeness (QED) is 0.850. The zero-order valence-electron chi connectivity index (χ0n) is 13.3. The Hall–Kier alpha value is -2.43. The van der Waals surface area contributed by atoms with Crippen LogP contribution in [-0.4, -0.2) is 30.5 Å². The number of hydrogen-bond acceptors (Lipinski definition) is 2. The highest BCUT2D eigenvalue weighted by Crippen LogP contribution is 2.22. The monoisotopic (exact) mass is 331 g/mol. The number of benzene rings is 2. The molecule has 1 heterocycles. The van der Waals surface area contributed by atoms with Gasteiger partial charge in [-0.15, -0.1) is 0 Å². The number of halogens is 2. The predicted molar refractivity (Wildman–Crippen MR) is 86.9 cm³/mol. The number of para-hydroxylation sites is 1. The summed E-state index contributed by atoms with van der Waals surface area (Å²) in [5.74, 6) is -0.620. The molecule has 24 heavy (non-hydrogen) atoms. The van der Waals surface area contributed by atoms with Crippen molar-refractivity contribution in [2.75, 3.05) is 19.7 Å². The van der Waals surface area contributed by atoms with Gasteiger partial charge in [0.05, 0.1) is 6.61 Å². The van der Waals surface area contributed by atoms with E-state index in [9.17, 15) is 13.6 Å². The van der Waals surface area contributed by atoms with Gasteiger partial charge in [0.2, 0.25) is 0 Å². The summed E-state index contributed by atoms with van der Waals surface area (Å²) in [4.78, 5) is 14.2. The molecule has 126 valence electrons. The minimum absolute atomic E-state index is 0.135. The van der Waals surface area contributed by atoms with Crippen LogP contribution in [0.5, 0.6) is 5.75 Å². The number of likely N-dealkylation sites (tertiary alicyclic amines) is 1. The summed E-state index contributed by atoms with van der Waals surface area (Å²) >= 11 is 0. The zero-order valence-corrected chi connectivity index (χ0v) is 13.3. The fraction of sp³-hybridized carbons (Fsp3) is 0.316. The van der Waals surface area contributed by atoms with E-state index in [2.05, 4.69) is 0 Å². The number of ether oxygens (including phenoxy) is 1. The average Bonchev–Trinajstić information content (AvgIpc) is 2.61. The Balaban J connectivity index is 1.60. The van der Waals surface area contributed by atoms with Crippen molar-refractivity contribution in [2.45, 2.75) is 12.8 Å². The molecule has 1 fully saturated rings. The molecule has 0 aromatic heterocycles. The van der Waals surface area contributed by atoms with Crippen molar-refractivity contribution in [3.05, 3.63) is 65.7 Å². The minimum atomic E-state index is -0.419. The highest BCUT2D eigenvalue weighted by Gasteiger charge is 2.25. The standard InChI is InChI=1S/C19H19F2NO2/c20-16-7-3-6-15(11-16)19(23)22-10-4-5-14(12-22)13-24-18-9-2-1-8-17(18)21/h1-3,6-9,11,14H,4-5,10,12-13H2. The molecular weight excluding hydrogens is 312 g/mol. The molecule has 0 aliphatic carbocycles. The Morgan fingerprint density at radius 3 is 2.79 bits per heavy atom. The van der Waals surface area contributed by atoms with Crippen molar-refractivity contribution in [2.24, 2.45) is 5.92 Å². The van der Waals surface area contributed by atoms with Gasteiger partial charge in [-0.05, 0) is 43.2 Å². The minimum Gasteiger partial charge on any atom is -0.490 e. The molecule has 1 unspecified atom stereocenters. The molecule has 2 aromatic carbocycles. The molecule has 0 radical (unpaired) electrons. The maximum atomic E-state index is 13.6. The Morgan fingerprint density at radius 2 is 2.00 bits per heavy atom. The lowest BCUT2D eigenvalue weighted by molar-refractivity contribution is 0.0631. The van der Waals surface area contributed by atoms with Gasteiger partial charge in [-0.3, -0.25) is 4.79 Å². The van der Waals surface area contributed by atoms with Crippen molar-refractivity contribution >= 4 is 5.91 Å². The average molecular weight is 331 g/mol. The van der Waals surface area contributed by atoms with E-state index < -0.39 is 5.82 Å². The molecule has 1 aliphatic rings. The first-order valence-electron chi connectivity index (χ1n) is 8.05. The van der Waals surface area contributed by atoms with Gasteiger partial charge in [0.25, 0.3) is 5.91 Å². The van der Waals surface area contributed by atoms with Gasteiger partial charge in [-0.2, -0.15) is 0 Å². The van der Waals surface area contributed by atoms with Crippen LogP contribution < -0.4 is 4.74 Å². The second-order valence-electron chi connectivity index (χ2n) is 6.01. The molecule has 0 bridgehead atoms. The number of nitrogens with zero attached hydrogens (tertiary/aromatic N) is 1. The van der Waals surface area contributed by atoms with E-state index in [4.69, 9.17) is 4.74 Å². The van der Waals surface area contributed by atoms with Gasteiger partial charge in [-0.1, -0.05) is 18.2 Å². The molecule has 5 heteroatoms. The van der Waals surface area contributed by atoms with Crippen LogP contribution in [0.25, 0.3) is 0 Å². The van der Waals surface area contributed by atoms with Gasteiger partial charge >= 0.3 is 0 Å². The van der Waals surface area contributed by atoms with E-state index in [1.165, 1.54) is 24.3 Å². The maximum absolute atomic E-state index is 13.6. The Labute approximate surface area is 139 Å². The van der Waals surface area contributed by atoms with Crippen LogP contribution in [0, 0.1) is 17.6 Å². The lowest BCUT2D eigenvalue weighted by Gasteiger charge is -2.32. The van der Waals surface area contributed by atoms with Gasteiger partial charge in [0.15, 0.2) is 11.6 Å². The lowest BCUT2D eigenvalue weighted by atomic mass is 9.98. The molecule has 0 spiro atoms. The third-order valence-corrected chi connectivity index (χ3v) is 4.19. The first-order chi connectivity index (χ1) is 11.6. The summed E-state index contributed by atoms with van der Waals surface area (Å²) in [5.41, 5.74) is 0.352. The largest absolute Gasteiger partial charge is 0.490 e. The molecule has 1 saturated heterocycles. The predicted octanol–water partition coefficient (Wildman–Crippen LogP) is 3.90. The molecule has 3 nitrogen and oxygen atoms in total. The molecular formula is C19H19F2NO2. The van der Waals surface area contributed by atoms with Crippen LogP contribution in [0.1, 0.15) is 23.2 Å². The number of piperidine rings is 1. The first kappa shape index (κ1) is 16.4. The number of carbonyl (C=O) groups excluding carboxylic acids is 1. The van der Waals surface area contributed by atoms with Crippen LogP contribution in [-0.2, 0) is 0 Å². The normalized spacial score (nSPS) is 17.6. The highest BCUT2D eigenvalue weighted by molar-refractivity contribution is 5.94. The topological polar surface area (TPSA) is 29.5 Å². The van der Waals surface area contributed by atoms with Crippen molar-refractivity contribution in [1.29, 1.82) is 0 Å².